The van der Waals surface area contributed by atoms with Crippen molar-refractivity contribution < 1.29 is 31.9 Å². The number of carbonyl (C=O) groups is 2. The Bertz CT molecular complexity index is 1170. The number of fused-ring (bicyclic) bond motifs is 1. The lowest BCUT2D eigenvalue weighted by Crippen LogP contribution is -2.47. The molecule has 164 valence electrons. The minimum atomic E-state index is -4.00. The SMILES string of the molecule is COC(=O)C(C)(C)C1Oc2ccc(F)cc2C(=O)/C1=C\NS(=O)(=O)c1ccc(C)cc1. The highest BCUT2D eigenvalue weighted by molar-refractivity contribution is 7.89. The molecule has 1 heterocycles. The number of esters is 1. The van der Waals surface area contributed by atoms with Crippen molar-refractivity contribution in [2.24, 2.45) is 5.41 Å². The summed E-state index contributed by atoms with van der Waals surface area (Å²) in [7, 11) is -2.81. The number of carbonyl (C=O) groups excluding carboxylic acids is 2. The Kier molecular flexibility index (Phi) is 5.91. The summed E-state index contributed by atoms with van der Waals surface area (Å²) in [6.45, 7) is 4.83. The van der Waals surface area contributed by atoms with E-state index in [-0.39, 0.29) is 21.8 Å². The average molecular weight is 447 g/mol. The lowest BCUT2D eigenvalue weighted by atomic mass is 9.78. The van der Waals surface area contributed by atoms with Crippen LogP contribution in [0.5, 0.6) is 5.75 Å². The fourth-order valence-corrected chi connectivity index (χ4v) is 4.13. The third-order valence-electron chi connectivity index (χ3n) is 5.04. The normalized spacial score (nSPS) is 17.6. The second kappa shape index (κ2) is 8.14. The number of ketones is 1. The van der Waals surface area contributed by atoms with Crippen LogP contribution < -0.4 is 9.46 Å². The number of hydrogen-bond acceptors (Lipinski definition) is 6. The molecule has 31 heavy (non-hydrogen) atoms. The van der Waals surface area contributed by atoms with Crippen molar-refractivity contribution >= 4 is 21.8 Å². The van der Waals surface area contributed by atoms with Crippen LogP contribution in [0.2, 0.25) is 0 Å². The lowest BCUT2D eigenvalue weighted by molar-refractivity contribution is -0.154. The standard InChI is InChI=1S/C22H22FNO6S/c1-13-5-8-15(9-6-13)31(27,28)24-12-17-19(25)16-11-14(23)7-10-18(16)30-20(17)22(2,3)21(26)29-4/h5-12,20,24H,1-4H3/b17-12+. The molecule has 2 aromatic carbocycles. The second-order valence-electron chi connectivity index (χ2n) is 7.71. The van der Waals surface area contributed by atoms with Crippen LogP contribution in [-0.2, 0) is 19.6 Å². The van der Waals surface area contributed by atoms with E-state index < -0.39 is 39.1 Å². The Morgan fingerprint density at radius 3 is 2.45 bits per heavy atom. The lowest BCUT2D eigenvalue weighted by Gasteiger charge is -2.36. The Balaban J connectivity index is 2.07. The van der Waals surface area contributed by atoms with Gasteiger partial charge in [-0.2, -0.15) is 0 Å². The molecule has 0 saturated carbocycles. The van der Waals surface area contributed by atoms with Crippen LogP contribution in [0.3, 0.4) is 0 Å². The summed E-state index contributed by atoms with van der Waals surface area (Å²) < 4.78 is 52.0. The van der Waals surface area contributed by atoms with Crippen molar-refractivity contribution in [2.75, 3.05) is 7.11 Å². The van der Waals surface area contributed by atoms with Crippen LogP contribution in [0, 0.1) is 18.2 Å². The summed E-state index contributed by atoms with van der Waals surface area (Å²) in [5, 5.41) is 0. The van der Waals surface area contributed by atoms with E-state index in [1.165, 1.54) is 39.2 Å². The van der Waals surface area contributed by atoms with E-state index in [0.717, 1.165) is 23.9 Å². The number of methoxy groups -OCH3 is 1. The molecule has 1 atom stereocenters. The molecule has 0 radical (unpaired) electrons. The number of hydrogen-bond donors (Lipinski definition) is 1. The van der Waals surface area contributed by atoms with Crippen LogP contribution in [0.15, 0.2) is 59.1 Å². The molecule has 1 unspecified atom stereocenters. The second-order valence-corrected chi connectivity index (χ2v) is 9.43. The zero-order chi connectivity index (χ0) is 23.0. The first-order valence-electron chi connectivity index (χ1n) is 9.36. The topological polar surface area (TPSA) is 98.8 Å². The summed E-state index contributed by atoms with van der Waals surface area (Å²) in [6.07, 6.45) is -0.188. The van der Waals surface area contributed by atoms with E-state index in [9.17, 15) is 22.4 Å². The molecule has 0 bridgehead atoms. The fourth-order valence-electron chi connectivity index (χ4n) is 3.22. The van der Waals surface area contributed by atoms with Gasteiger partial charge in [0.1, 0.15) is 23.1 Å². The van der Waals surface area contributed by atoms with Crippen molar-refractivity contribution in [3.05, 3.63) is 71.2 Å². The maximum absolute atomic E-state index is 13.7. The van der Waals surface area contributed by atoms with Crippen molar-refractivity contribution in [3.8, 4) is 5.75 Å². The molecule has 0 saturated heterocycles. The van der Waals surface area contributed by atoms with Crippen LogP contribution in [0.25, 0.3) is 0 Å². The quantitative estimate of drug-likeness (QED) is 0.559. The molecule has 1 aliphatic rings. The van der Waals surface area contributed by atoms with E-state index in [2.05, 4.69) is 4.72 Å². The van der Waals surface area contributed by atoms with Gasteiger partial charge in [-0.3, -0.25) is 14.3 Å². The van der Waals surface area contributed by atoms with E-state index in [1.807, 2.05) is 6.92 Å². The van der Waals surface area contributed by atoms with E-state index >= 15 is 0 Å². The van der Waals surface area contributed by atoms with Crippen LogP contribution in [0.4, 0.5) is 4.39 Å². The van der Waals surface area contributed by atoms with Crippen molar-refractivity contribution in [3.63, 3.8) is 0 Å². The van der Waals surface area contributed by atoms with Gasteiger partial charge in [-0.05, 0) is 51.1 Å². The zero-order valence-corrected chi connectivity index (χ0v) is 18.2. The van der Waals surface area contributed by atoms with Crippen LogP contribution >= 0.6 is 0 Å². The molecule has 0 spiro atoms. The third-order valence-corrected chi connectivity index (χ3v) is 6.36. The Morgan fingerprint density at radius 2 is 1.84 bits per heavy atom. The molecule has 3 rings (SSSR count). The average Bonchev–Trinajstić information content (AvgIpc) is 2.72. The number of benzene rings is 2. The van der Waals surface area contributed by atoms with Gasteiger partial charge < -0.3 is 9.47 Å². The highest BCUT2D eigenvalue weighted by Gasteiger charge is 2.47. The van der Waals surface area contributed by atoms with Gasteiger partial charge >= 0.3 is 5.97 Å². The number of nitrogens with one attached hydrogen (secondary N) is 1. The molecule has 7 nitrogen and oxygen atoms in total. The highest BCUT2D eigenvalue weighted by atomic mass is 32.2. The molecule has 1 N–H and O–H groups in total. The van der Waals surface area contributed by atoms with Crippen molar-refractivity contribution in [1.82, 2.24) is 4.72 Å². The number of aryl methyl sites for hydroxylation is 1. The van der Waals surface area contributed by atoms with Gasteiger partial charge in [-0.15, -0.1) is 0 Å². The van der Waals surface area contributed by atoms with E-state index in [1.54, 1.807) is 12.1 Å². The van der Waals surface area contributed by atoms with Gasteiger partial charge in [-0.25, -0.2) is 12.8 Å². The number of ether oxygens (including phenoxy) is 2. The Hall–Kier alpha value is -3.20. The number of halogens is 1. The summed E-state index contributed by atoms with van der Waals surface area (Å²) in [4.78, 5) is 25.5. The number of rotatable bonds is 5. The van der Waals surface area contributed by atoms with Crippen molar-refractivity contribution in [1.29, 1.82) is 0 Å². The molecule has 0 aromatic heterocycles. The molecular weight excluding hydrogens is 425 g/mol. The van der Waals surface area contributed by atoms with Gasteiger partial charge in [-0.1, -0.05) is 17.7 Å². The Labute approximate surface area is 179 Å². The molecule has 0 fully saturated rings. The first kappa shape index (κ1) is 22.5. The molecule has 0 aliphatic carbocycles. The summed E-state index contributed by atoms with van der Waals surface area (Å²) in [6, 6.07) is 9.55. The van der Waals surface area contributed by atoms with Gasteiger partial charge in [0.25, 0.3) is 10.0 Å². The molecule has 9 heteroatoms. The maximum Gasteiger partial charge on any atom is 0.315 e. The molecule has 2 aromatic rings. The van der Waals surface area contributed by atoms with E-state index in [0.29, 0.717) is 0 Å². The fraction of sp³-hybridized carbons (Fsp3) is 0.273. The zero-order valence-electron chi connectivity index (χ0n) is 17.4. The monoisotopic (exact) mass is 447 g/mol. The van der Waals surface area contributed by atoms with Crippen molar-refractivity contribution in [2.45, 2.75) is 31.8 Å². The maximum atomic E-state index is 13.7. The highest BCUT2D eigenvalue weighted by Crippen LogP contribution is 2.39. The molecular formula is C22H22FNO6S. The largest absolute Gasteiger partial charge is 0.484 e. The smallest absolute Gasteiger partial charge is 0.315 e. The molecule has 0 amide bonds. The van der Waals surface area contributed by atoms with Gasteiger partial charge in [0.05, 0.1) is 23.1 Å². The predicted molar refractivity (Wildman–Crippen MR) is 111 cm³/mol. The van der Waals surface area contributed by atoms with Crippen LogP contribution in [0.1, 0.15) is 29.8 Å². The number of sulfonamides is 1. The summed E-state index contributed by atoms with van der Waals surface area (Å²) >= 11 is 0. The first-order chi connectivity index (χ1) is 14.5. The van der Waals surface area contributed by atoms with Gasteiger partial charge in [0, 0.05) is 6.20 Å². The summed E-state index contributed by atoms with van der Waals surface area (Å²) in [5.74, 6) is -1.88. The van der Waals surface area contributed by atoms with Gasteiger partial charge in [0.2, 0.25) is 0 Å². The van der Waals surface area contributed by atoms with E-state index in [4.69, 9.17) is 9.47 Å². The molecule has 1 aliphatic heterocycles. The predicted octanol–water partition coefficient (Wildman–Crippen LogP) is 3.14. The first-order valence-corrected chi connectivity index (χ1v) is 10.8. The Morgan fingerprint density at radius 1 is 1.19 bits per heavy atom. The van der Waals surface area contributed by atoms with Gasteiger partial charge in [0.15, 0.2) is 5.78 Å². The number of Topliss-reactive ketones (excluding diaryl/α,β-unsaturated/α-hetero) is 1. The summed E-state index contributed by atoms with van der Waals surface area (Å²) in [5.41, 5.74) is -0.689. The van der Waals surface area contributed by atoms with Crippen LogP contribution in [-0.4, -0.2) is 33.4 Å². The third kappa shape index (κ3) is 4.32. The minimum absolute atomic E-state index is 0.00523. The minimum Gasteiger partial charge on any atom is -0.484 e.